The number of rotatable bonds is 36. The predicted octanol–water partition coefficient (Wildman–Crippen LogP) is 13.0. The first-order chi connectivity index (χ1) is 22.2. The molecule has 45 heavy (non-hydrogen) atoms. The predicted molar refractivity (Wildman–Crippen MR) is 202 cm³/mol. The van der Waals surface area contributed by atoms with E-state index in [1.54, 1.807) is 0 Å². The molecule has 1 atom stereocenters. The van der Waals surface area contributed by atoms with E-state index in [1.807, 2.05) is 0 Å². The Balaban J connectivity index is 3.88. The van der Waals surface area contributed by atoms with Gasteiger partial charge in [-0.25, -0.2) is 0 Å². The summed E-state index contributed by atoms with van der Waals surface area (Å²) < 4.78 is 12.3. The highest BCUT2D eigenvalue weighted by Gasteiger charge is 2.09. The summed E-state index contributed by atoms with van der Waals surface area (Å²) in [4.78, 5) is 2.18. The van der Waals surface area contributed by atoms with Crippen molar-refractivity contribution in [2.75, 3.05) is 40.5 Å². The molecule has 3 nitrogen and oxygen atoms in total. The zero-order valence-corrected chi connectivity index (χ0v) is 31.0. The lowest BCUT2D eigenvalue weighted by atomic mass is 10.0. The molecule has 264 valence electrons. The first-order valence-corrected chi connectivity index (χ1v) is 19.6. The third-order valence-electron chi connectivity index (χ3n) is 8.44. The normalized spacial score (nSPS) is 13.2. The highest BCUT2D eigenvalue weighted by molar-refractivity contribution is 4.93. The van der Waals surface area contributed by atoms with Crippen molar-refractivity contribution in [3.05, 3.63) is 48.6 Å². The summed E-state index contributed by atoms with van der Waals surface area (Å²) in [6.07, 6.45) is 51.1. The van der Waals surface area contributed by atoms with Gasteiger partial charge >= 0.3 is 0 Å². The second-order valence-corrected chi connectivity index (χ2v) is 13.3. The first-order valence-electron chi connectivity index (χ1n) is 19.6. The summed E-state index contributed by atoms with van der Waals surface area (Å²) in [5.74, 6) is 0. The minimum absolute atomic E-state index is 0.361. The van der Waals surface area contributed by atoms with Gasteiger partial charge in [0.25, 0.3) is 0 Å². The Bertz CT molecular complexity index is 666. The highest BCUT2D eigenvalue weighted by atomic mass is 16.5. The van der Waals surface area contributed by atoms with E-state index < -0.39 is 0 Å². The van der Waals surface area contributed by atoms with Crippen molar-refractivity contribution >= 4 is 0 Å². The first kappa shape index (κ1) is 43.8. The van der Waals surface area contributed by atoms with Crippen molar-refractivity contribution in [1.29, 1.82) is 0 Å². The molecule has 0 bridgehead atoms. The Morgan fingerprint density at radius 1 is 0.444 bits per heavy atom. The number of hydrogen-bond donors (Lipinski definition) is 0. The number of nitrogens with zero attached hydrogens (tertiary/aromatic N) is 1. The summed E-state index contributed by atoms with van der Waals surface area (Å²) in [6.45, 7) is 8.07. The fourth-order valence-electron chi connectivity index (χ4n) is 5.40. The quantitative estimate of drug-likeness (QED) is 0.0508. The van der Waals surface area contributed by atoms with Gasteiger partial charge in [-0.2, -0.15) is 0 Å². The second kappa shape index (κ2) is 39.0. The van der Waals surface area contributed by atoms with Gasteiger partial charge < -0.3 is 14.4 Å². The molecule has 0 saturated heterocycles. The Morgan fingerprint density at radius 2 is 0.889 bits per heavy atom. The summed E-state index contributed by atoms with van der Waals surface area (Å²) in [5.41, 5.74) is 0. The maximum Gasteiger partial charge on any atom is 0.0597 e. The van der Waals surface area contributed by atoms with Gasteiger partial charge in [-0.1, -0.05) is 140 Å². The van der Waals surface area contributed by atoms with E-state index in [2.05, 4.69) is 81.5 Å². The van der Waals surface area contributed by atoms with Crippen LogP contribution in [0.4, 0.5) is 0 Å². The van der Waals surface area contributed by atoms with E-state index in [9.17, 15) is 0 Å². The molecule has 0 saturated carbocycles. The van der Waals surface area contributed by atoms with Crippen LogP contribution in [0.1, 0.15) is 174 Å². The number of likely N-dealkylation sites (N-methyl/N-ethyl adjacent to an activating group) is 1. The molecule has 0 aromatic rings. The highest BCUT2D eigenvalue weighted by Crippen LogP contribution is 2.15. The SMILES string of the molecule is CCCCC/C=C\C/C=C\CCCCCCCCOC(CCCCCCC/C=C\C/C=C\CCCCC)CCOCCN(C)C. The van der Waals surface area contributed by atoms with Crippen LogP contribution < -0.4 is 0 Å². The summed E-state index contributed by atoms with van der Waals surface area (Å²) in [5, 5.41) is 0. The van der Waals surface area contributed by atoms with E-state index >= 15 is 0 Å². The van der Waals surface area contributed by atoms with Crippen LogP contribution >= 0.6 is 0 Å². The monoisotopic (exact) mass is 630 g/mol. The molecule has 0 aromatic carbocycles. The Labute approximate surface area is 283 Å². The number of unbranched alkanes of at least 4 members (excludes halogenated alkanes) is 17. The third kappa shape index (κ3) is 38.9. The summed E-state index contributed by atoms with van der Waals surface area (Å²) >= 11 is 0. The van der Waals surface area contributed by atoms with Crippen LogP contribution in [0.3, 0.4) is 0 Å². The van der Waals surface area contributed by atoms with Crippen molar-refractivity contribution in [1.82, 2.24) is 4.90 Å². The van der Waals surface area contributed by atoms with E-state index in [1.165, 1.54) is 141 Å². The number of hydrogen-bond acceptors (Lipinski definition) is 3. The molecule has 1 unspecified atom stereocenters. The fourth-order valence-corrected chi connectivity index (χ4v) is 5.40. The minimum atomic E-state index is 0.361. The van der Waals surface area contributed by atoms with Gasteiger partial charge in [0.15, 0.2) is 0 Å². The average molecular weight is 630 g/mol. The molecule has 0 spiro atoms. The summed E-state index contributed by atoms with van der Waals surface area (Å²) in [7, 11) is 4.21. The molecular formula is C42H79NO2. The van der Waals surface area contributed by atoms with Crippen molar-refractivity contribution in [3.8, 4) is 0 Å². The lowest BCUT2D eigenvalue weighted by Crippen LogP contribution is -2.21. The zero-order valence-electron chi connectivity index (χ0n) is 31.0. The molecule has 0 N–H and O–H groups in total. The third-order valence-corrected chi connectivity index (χ3v) is 8.44. The molecule has 0 aliphatic rings. The molecule has 0 amide bonds. The smallest absolute Gasteiger partial charge is 0.0597 e. The Kier molecular flexibility index (Phi) is 38.0. The molecular weight excluding hydrogens is 550 g/mol. The van der Waals surface area contributed by atoms with Crippen LogP contribution in [0, 0.1) is 0 Å². The lowest BCUT2D eigenvalue weighted by molar-refractivity contribution is 0.0120. The minimum Gasteiger partial charge on any atom is -0.380 e. The van der Waals surface area contributed by atoms with E-state index in [4.69, 9.17) is 9.47 Å². The number of ether oxygens (including phenoxy) is 2. The van der Waals surface area contributed by atoms with Gasteiger partial charge in [0.1, 0.15) is 0 Å². The topological polar surface area (TPSA) is 21.7 Å². The van der Waals surface area contributed by atoms with Gasteiger partial charge in [0.2, 0.25) is 0 Å². The molecule has 0 heterocycles. The largest absolute Gasteiger partial charge is 0.380 e. The molecule has 0 radical (unpaired) electrons. The van der Waals surface area contributed by atoms with Gasteiger partial charge in [-0.3, -0.25) is 0 Å². The van der Waals surface area contributed by atoms with Crippen molar-refractivity contribution in [3.63, 3.8) is 0 Å². The Morgan fingerprint density at radius 3 is 1.38 bits per heavy atom. The Hall–Kier alpha value is -1.16. The van der Waals surface area contributed by atoms with Gasteiger partial charge in [0, 0.05) is 19.8 Å². The maximum atomic E-state index is 6.39. The molecule has 3 heteroatoms. The van der Waals surface area contributed by atoms with Crippen LogP contribution in [-0.2, 0) is 9.47 Å². The van der Waals surface area contributed by atoms with E-state index in [0.29, 0.717) is 6.10 Å². The van der Waals surface area contributed by atoms with Gasteiger partial charge in [-0.05, 0) is 97.6 Å². The molecule has 0 aromatic heterocycles. The molecule has 0 aliphatic carbocycles. The van der Waals surface area contributed by atoms with Crippen LogP contribution in [0.2, 0.25) is 0 Å². The second-order valence-electron chi connectivity index (χ2n) is 13.3. The van der Waals surface area contributed by atoms with Crippen LogP contribution in [0.25, 0.3) is 0 Å². The van der Waals surface area contributed by atoms with Crippen LogP contribution in [0.15, 0.2) is 48.6 Å². The molecule has 0 rings (SSSR count). The molecule has 0 aliphatic heterocycles. The molecule has 0 fully saturated rings. The van der Waals surface area contributed by atoms with Gasteiger partial charge in [0.05, 0.1) is 12.7 Å². The maximum absolute atomic E-state index is 6.39. The van der Waals surface area contributed by atoms with Crippen molar-refractivity contribution in [2.45, 2.75) is 180 Å². The van der Waals surface area contributed by atoms with E-state index in [0.717, 1.165) is 45.6 Å². The fraction of sp³-hybridized carbons (Fsp3) is 0.810. The summed E-state index contributed by atoms with van der Waals surface area (Å²) in [6, 6.07) is 0. The standard InChI is InChI=1S/C42H79NO2/c1-5-7-9-11-13-15-17-19-21-23-25-27-29-31-33-35-39-45-42(37-40-44-41-38-43(3)4)36-34-32-30-28-26-24-22-20-18-16-14-12-10-8-6-2/h13-16,19-22,42H,5-12,17-18,23-41H2,1-4H3/b15-13-,16-14-,21-19-,22-20-. The van der Waals surface area contributed by atoms with Crippen LogP contribution in [-0.4, -0.2) is 51.5 Å². The van der Waals surface area contributed by atoms with Crippen LogP contribution in [0.5, 0.6) is 0 Å². The number of allylic oxidation sites excluding steroid dienone is 8. The van der Waals surface area contributed by atoms with Crippen molar-refractivity contribution in [2.24, 2.45) is 0 Å². The van der Waals surface area contributed by atoms with E-state index in [-0.39, 0.29) is 0 Å². The van der Waals surface area contributed by atoms with Crippen molar-refractivity contribution < 1.29 is 9.47 Å². The van der Waals surface area contributed by atoms with Gasteiger partial charge in [-0.15, -0.1) is 0 Å². The zero-order chi connectivity index (χ0) is 32.7. The lowest BCUT2D eigenvalue weighted by Gasteiger charge is -2.18. The average Bonchev–Trinajstić information content (AvgIpc) is 3.03.